The second kappa shape index (κ2) is 6.18. The number of nitrogens with two attached hydrogens (primary N) is 2. The van der Waals surface area contributed by atoms with Crippen LogP contribution in [0.5, 0.6) is 11.5 Å². The fraction of sp³-hybridized carbons (Fsp3) is 0.333. The first-order valence-electron chi connectivity index (χ1n) is 7.67. The van der Waals surface area contributed by atoms with Gasteiger partial charge in [0.25, 0.3) is 0 Å². The summed E-state index contributed by atoms with van der Waals surface area (Å²) in [5.74, 6) is 1.46. The summed E-state index contributed by atoms with van der Waals surface area (Å²) in [4.78, 5) is 0. The molecule has 0 radical (unpaired) electrons. The van der Waals surface area contributed by atoms with Crippen LogP contribution in [-0.2, 0) is 0 Å². The summed E-state index contributed by atoms with van der Waals surface area (Å²) in [6, 6.07) is 13.4. The topological polar surface area (TPSA) is 70.5 Å². The van der Waals surface area contributed by atoms with Crippen molar-refractivity contribution in [2.75, 3.05) is 11.5 Å². The van der Waals surface area contributed by atoms with Crippen LogP contribution in [0, 0.1) is 6.92 Å². The second-order valence-corrected chi connectivity index (χ2v) is 5.82. The van der Waals surface area contributed by atoms with Crippen molar-refractivity contribution in [2.45, 2.75) is 38.4 Å². The number of anilines is 2. The van der Waals surface area contributed by atoms with Gasteiger partial charge in [0, 0.05) is 0 Å². The van der Waals surface area contributed by atoms with Crippen LogP contribution in [0.2, 0.25) is 0 Å². The summed E-state index contributed by atoms with van der Waals surface area (Å²) in [5.41, 5.74) is 14.4. The zero-order valence-corrected chi connectivity index (χ0v) is 12.8. The molecule has 0 aliphatic heterocycles. The van der Waals surface area contributed by atoms with Gasteiger partial charge in [-0.05, 0) is 56.0 Å². The Morgan fingerprint density at radius 3 is 2.23 bits per heavy atom. The summed E-state index contributed by atoms with van der Waals surface area (Å²) >= 11 is 0. The van der Waals surface area contributed by atoms with E-state index in [0.29, 0.717) is 11.4 Å². The van der Waals surface area contributed by atoms with Gasteiger partial charge in [-0.25, -0.2) is 0 Å². The van der Waals surface area contributed by atoms with Crippen LogP contribution in [0.4, 0.5) is 11.4 Å². The molecule has 1 aliphatic carbocycles. The van der Waals surface area contributed by atoms with E-state index in [1.165, 1.54) is 0 Å². The van der Waals surface area contributed by atoms with E-state index in [1.54, 1.807) is 0 Å². The normalized spacial score (nSPS) is 20.8. The van der Waals surface area contributed by atoms with Gasteiger partial charge in [-0.2, -0.15) is 0 Å². The maximum Gasteiger partial charge on any atom is 0.143 e. The lowest BCUT2D eigenvalue weighted by atomic mass is 10.2. The smallest absolute Gasteiger partial charge is 0.143 e. The number of hydrogen-bond donors (Lipinski definition) is 2. The first-order chi connectivity index (χ1) is 10.6. The highest BCUT2D eigenvalue weighted by Gasteiger charge is 2.31. The van der Waals surface area contributed by atoms with Gasteiger partial charge >= 0.3 is 0 Å². The van der Waals surface area contributed by atoms with Crippen LogP contribution in [0.15, 0.2) is 42.5 Å². The Labute approximate surface area is 131 Å². The van der Waals surface area contributed by atoms with E-state index >= 15 is 0 Å². The highest BCUT2D eigenvalue weighted by molar-refractivity contribution is 5.54. The number of hydrogen-bond acceptors (Lipinski definition) is 4. The van der Waals surface area contributed by atoms with Crippen molar-refractivity contribution in [1.82, 2.24) is 0 Å². The summed E-state index contributed by atoms with van der Waals surface area (Å²) in [6.07, 6.45) is 3.01. The molecule has 4 heteroatoms. The van der Waals surface area contributed by atoms with Gasteiger partial charge in [0.1, 0.15) is 23.7 Å². The van der Waals surface area contributed by atoms with Crippen LogP contribution in [0.1, 0.15) is 24.8 Å². The third kappa shape index (κ3) is 3.11. The van der Waals surface area contributed by atoms with E-state index in [2.05, 4.69) is 0 Å². The quantitative estimate of drug-likeness (QED) is 0.847. The third-order valence-electron chi connectivity index (χ3n) is 4.04. The fourth-order valence-corrected chi connectivity index (χ4v) is 2.82. The standard InChI is InChI=1S/C18H22N2O2/c1-12-9-10-14(20)18(11-12)22-17-8-4-7-16(17)21-15-6-3-2-5-13(15)19/h2-3,5-6,9-11,16-17H,4,7-8,19-20H2,1H3/t16-,17-/m1/s1. The first-order valence-corrected chi connectivity index (χ1v) is 7.67. The minimum Gasteiger partial charge on any atom is -0.484 e. The molecule has 2 aromatic rings. The summed E-state index contributed by atoms with van der Waals surface area (Å²) in [5, 5.41) is 0. The molecule has 0 aromatic heterocycles. The van der Waals surface area contributed by atoms with Gasteiger partial charge in [0.05, 0.1) is 11.4 Å². The molecule has 1 aliphatic rings. The number of aryl methyl sites for hydroxylation is 1. The molecule has 2 atom stereocenters. The van der Waals surface area contributed by atoms with Gasteiger partial charge in [-0.15, -0.1) is 0 Å². The van der Waals surface area contributed by atoms with E-state index in [4.69, 9.17) is 20.9 Å². The van der Waals surface area contributed by atoms with Crippen molar-refractivity contribution < 1.29 is 9.47 Å². The first kappa shape index (κ1) is 14.6. The molecule has 1 fully saturated rings. The Hall–Kier alpha value is -2.36. The molecule has 0 saturated heterocycles. The number of benzene rings is 2. The van der Waals surface area contributed by atoms with Crippen molar-refractivity contribution in [3.8, 4) is 11.5 Å². The Morgan fingerprint density at radius 2 is 1.50 bits per heavy atom. The SMILES string of the molecule is Cc1ccc(N)c(O[C@@H]2CCC[C@H]2Oc2ccccc2N)c1. The molecule has 0 spiro atoms. The Bertz CT molecular complexity index is 657. The Morgan fingerprint density at radius 1 is 0.864 bits per heavy atom. The van der Waals surface area contributed by atoms with Gasteiger partial charge in [-0.1, -0.05) is 18.2 Å². The van der Waals surface area contributed by atoms with Crippen LogP contribution in [0.3, 0.4) is 0 Å². The highest BCUT2D eigenvalue weighted by Crippen LogP contribution is 2.32. The summed E-state index contributed by atoms with van der Waals surface area (Å²) < 4.78 is 12.2. The fourth-order valence-electron chi connectivity index (χ4n) is 2.82. The molecule has 0 heterocycles. The molecule has 116 valence electrons. The third-order valence-corrected chi connectivity index (χ3v) is 4.04. The molecule has 3 rings (SSSR count). The number of ether oxygens (including phenoxy) is 2. The molecule has 1 saturated carbocycles. The van der Waals surface area contributed by atoms with Crippen LogP contribution in [0.25, 0.3) is 0 Å². The summed E-state index contributed by atoms with van der Waals surface area (Å²) in [6.45, 7) is 2.03. The maximum absolute atomic E-state index is 6.12. The highest BCUT2D eigenvalue weighted by atomic mass is 16.5. The monoisotopic (exact) mass is 298 g/mol. The molecule has 4 N–H and O–H groups in total. The lowest BCUT2D eigenvalue weighted by Gasteiger charge is -2.24. The maximum atomic E-state index is 6.12. The van der Waals surface area contributed by atoms with Crippen molar-refractivity contribution >= 4 is 11.4 Å². The minimum atomic E-state index is 0.00343. The summed E-state index contributed by atoms with van der Waals surface area (Å²) in [7, 11) is 0. The minimum absolute atomic E-state index is 0.00343. The predicted octanol–water partition coefficient (Wildman–Crippen LogP) is 3.54. The largest absolute Gasteiger partial charge is 0.484 e. The van der Waals surface area contributed by atoms with E-state index in [1.807, 2.05) is 49.4 Å². The van der Waals surface area contributed by atoms with E-state index in [-0.39, 0.29) is 12.2 Å². The van der Waals surface area contributed by atoms with Crippen LogP contribution >= 0.6 is 0 Å². The van der Waals surface area contributed by atoms with E-state index < -0.39 is 0 Å². The van der Waals surface area contributed by atoms with E-state index in [9.17, 15) is 0 Å². The molecule has 0 unspecified atom stereocenters. The molecular weight excluding hydrogens is 276 g/mol. The molecular formula is C18H22N2O2. The van der Waals surface area contributed by atoms with Gasteiger partial charge in [0.15, 0.2) is 0 Å². The van der Waals surface area contributed by atoms with Crippen molar-refractivity contribution in [2.24, 2.45) is 0 Å². The molecule has 0 bridgehead atoms. The second-order valence-electron chi connectivity index (χ2n) is 5.82. The van der Waals surface area contributed by atoms with Crippen LogP contribution in [-0.4, -0.2) is 12.2 Å². The van der Waals surface area contributed by atoms with E-state index in [0.717, 1.165) is 36.3 Å². The molecule has 2 aromatic carbocycles. The Kier molecular flexibility index (Phi) is 4.09. The average molecular weight is 298 g/mol. The van der Waals surface area contributed by atoms with Crippen molar-refractivity contribution in [3.05, 3.63) is 48.0 Å². The van der Waals surface area contributed by atoms with Gasteiger partial charge < -0.3 is 20.9 Å². The zero-order chi connectivity index (χ0) is 15.5. The number of rotatable bonds is 4. The number of para-hydroxylation sites is 2. The Balaban J connectivity index is 1.73. The van der Waals surface area contributed by atoms with Crippen molar-refractivity contribution in [1.29, 1.82) is 0 Å². The molecule has 0 amide bonds. The van der Waals surface area contributed by atoms with Crippen LogP contribution < -0.4 is 20.9 Å². The van der Waals surface area contributed by atoms with Crippen molar-refractivity contribution in [3.63, 3.8) is 0 Å². The molecule has 22 heavy (non-hydrogen) atoms. The van der Waals surface area contributed by atoms with Gasteiger partial charge in [0.2, 0.25) is 0 Å². The lowest BCUT2D eigenvalue weighted by Crippen LogP contribution is -2.31. The predicted molar refractivity (Wildman–Crippen MR) is 89.1 cm³/mol. The van der Waals surface area contributed by atoms with Gasteiger partial charge in [-0.3, -0.25) is 0 Å². The number of nitrogen functional groups attached to an aromatic ring is 2. The zero-order valence-electron chi connectivity index (χ0n) is 12.8. The molecule has 4 nitrogen and oxygen atoms in total. The lowest BCUT2D eigenvalue weighted by molar-refractivity contribution is 0.0790. The average Bonchev–Trinajstić information content (AvgIpc) is 2.92.